The van der Waals surface area contributed by atoms with Gasteiger partial charge in [-0.2, -0.15) is 37.0 Å². The number of aromatic amines is 3. The molecule has 17 amide bonds. The summed E-state index contributed by atoms with van der Waals surface area (Å²) in [4.78, 5) is 284. The van der Waals surface area contributed by atoms with Gasteiger partial charge in [0.15, 0.2) is 0 Å². The van der Waals surface area contributed by atoms with E-state index in [1.165, 1.54) is 31.1 Å². The maximum Gasteiger partial charge on any atom is 0.326 e. The Morgan fingerprint density at radius 3 is 1.09 bits per heavy atom. The van der Waals surface area contributed by atoms with Crippen molar-refractivity contribution in [3.8, 4) is 0 Å². The number of carboxylic acid groups (broad SMARTS) is 3. The van der Waals surface area contributed by atoms with Gasteiger partial charge in [0.05, 0.1) is 32.1 Å². The molecule has 31 N–H and O–H groups in total. The summed E-state index contributed by atoms with van der Waals surface area (Å²) >= 11 is 9.67. The molecular weight excluding hydrogens is 1860 g/mol. The number of aromatic nitrogens is 3. The summed E-state index contributed by atoms with van der Waals surface area (Å²) in [6, 6.07) is -6.27. The van der Waals surface area contributed by atoms with Crippen molar-refractivity contribution < 1.29 is 121 Å². The number of thioether (sulfide) groups is 1. The molecule has 0 radical (unpaired) electrons. The Morgan fingerprint density at radius 2 is 0.710 bits per heavy atom. The zero-order valence-electron chi connectivity index (χ0n) is 76.7. The molecule has 16 atom stereocenters. The molecule has 3 heterocycles. The van der Waals surface area contributed by atoms with Crippen molar-refractivity contribution >= 4 is 188 Å². The van der Waals surface area contributed by atoms with Crippen molar-refractivity contribution in [1.82, 2.24) is 94.7 Å². The molecule has 0 aliphatic heterocycles. The number of unbranched alkanes of at least 4 members (excludes halogenated alkanes) is 1. The van der Waals surface area contributed by atoms with Crippen molar-refractivity contribution in [2.75, 3.05) is 43.3 Å². The molecule has 6 aromatic rings. The number of primary amides is 2. The van der Waals surface area contributed by atoms with Crippen molar-refractivity contribution in [2.45, 2.75) is 221 Å². The molecule has 0 aliphatic rings. The molecule has 50 heteroatoms. The van der Waals surface area contributed by atoms with E-state index in [1.54, 1.807) is 113 Å². The maximum absolute atomic E-state index is 14.9. The van der Waals surface area contributed by atoms with E-state index in [0.29, 0.717) is 49.4 Å². The summed E-state index contributed by atoms with van der Waals surface area (Å²) in [5.74, 6) is -24.6. The number of thiol groups is 2. The number of para-hydroxylation sites is 3. The minimum absolute atomic E-state index is 0.0292. The van der Waals surface area contributed by atoms with E-state index in [9.17, 15) is 121 Å². The van der Waals surface area contributed by atoms with Crippen LogP contribution in [0.1, 0.15) is 122 Å². The Morgan fingerprint density at radius 1 is 0.370 bits per heavy atom. The van der Waals surface area contributed by atoms with Crippen LogP contribution < -0.4 is 103 Å². The third-order valence-corrected chi connectivity index (χ3v) is 23.3. The van der Waals surface area contributed by atoms with Crippen LogP contribution in [0.5, 0.6) is 0 Å². The highest BCUT2D eigenvalue weighted by atomic mass is 32.2. The van der Waals surface area contributed by atoms with Gasteiger partial charge < -0.3 is 143 Å². The standard InChI is InChI=1S/C88H124N22O25S3/c1-42(2)29-63(88(134)135)105-73(119)44(5)96-79(125)62(34-69(92)114)104-86(132)66(40-136)108-84(130)65(39-112)107-81(127)59(30-45-35-93-52-18-10-7-15-48(45)52)102-76(122)56(22-24-68(91)113)98-78(124)58(26-28-138-6)100-75(121)55(21-13-14-27-89)97-83(129)64(38-111)106-80(126)60(31-46-36-94-53-19-11-8-16-49(46)53)103-77(123)57(23-25-70(115)116)99-85(131)67(41-137)109-87(133)72(43(3)4)110-82(128)61(101-74(120)51(90)33-71(117)118)32-47-37-95-54-20-12-9-17-50(47)54/h7-12,15-20,35-37,42-44,51,55-67,72,93-95,111-112,136-137H,13-14,21-34,38-41,89-90H2,1-6H3,(H2,91,113)(H2,92,114)(H,96,125)(H,97,129)(H,98,124)(H,99,131)(H,100,121)(H,101,120)(H,102,122)(H,103,123)(H,104,132)(H,105,119)(H,106,126)(H,107,127)(H,108,130)(H,109,133)(H,110,128)(H,115,116)(H,117,118)(H,134,135)/t44-,51-,55-,56-,57-,58-,59-,60-,61-,62-,63-,64-,65-,66-,67-,72-/m0/s1. The van der Waals surface area contributed by atoms with Crippen LogP contribution in [-0.2, 0) is 115 Å². The Kier molecular flexibility index (Phi) is 46.2. The number of aliphatic hydroxyl groups is 2. The number of hydrogen-bond acceptors (Lipinski definition) is 27. The molecule has 754 valence electrons. The monoisotopic (exact) mass is 1980 g/mol. The fourth-order valence-corrected chi connectivity index (χ4v) is 15.4. The highest BCUT2D eigenvalue weighted by molar-refractivity contribution is 7.98. The molecule has 47 nitrogen and oxygen atoms in total. The number of carbonyl (C=O) groups is 20. The van der Waals surface area contributed by atoms with Gasteiger partial charge in [0, 0.05) is 94.9 Å². The third-order valence-electron chi connectivity index (χ3n) is 22.0. The fraction of sp³-hybridized carbons (Fsp3) is 0.500. The Bertz CT molecular complexity index is 5300. The summed E-state index contributed by atoms with van der Waals surface area (Å²) in [7, 11) is 0. The highest BCUT2D eigenvalue weighted by Gasteiger charge is 2.40. The van der Waals surface area contributed by atoms with Gasteiger partial charge in [-0.25, -0.2) is 4.79 Å². The number of carboxylic acids is 3. The van der Waals surface area contributed by atoms with Crippen molar-refractivity contribution in [3.63, 3.8) is 0 Å². The molecule has 0 spiro atoms. The molecule has 138 heavy (non-hydrogen) atoms. The number of carbonyl (C=O) groups excluding carboxylic acids is 17. The SMILES string of the molecule is CSCC[C@H](NC(=O)[C@H](CCCCN)NC(=O)[C@H](CO)NC(=O)[C@H](Cc1c[nH]c2ccccc12)NC(=O)[C@H](CCC(=O)O)NC(=O)[C@H](CS)NC(=O)[C@@H](NC(=O)[C@H](Cc1c[nH]c2ccccc12)NC(=O)[C@@H](N)CC(=O)O)C(C)C)C(=O)N[C@@H](CCC(N)=O)C(=O)N[C@@H](Cc1c[nH]c2ccccc12)C(=O)N[C@@H](CO)C(=O)N[C@@H](CS)C(=O)N[C@@H](CC(N)=O)C(=O)N[C@@H](C)C(=O)N[C@@H](CC(C)C)C(=O)O. The molecule has 0 aliphatic carbocycles. The van der Waals surface area contributed by atoms with Crippen LogP contribution in [0.25, 0.3) is 32.7 Å². The second-order valence-corrected chi connectivity index (χ2v) is 35.2. The van der Waals surface area contributed by atoms with Gasteiger partial charge in [-0.05, 0) is 117 Å². The van der Waals surface area contributed by atoms with Crippen molar-refractivity contribution in [2.24, 2.45) is 34.8 Å². The summed E-state index contributed by atoms with van der Waals surface area (Å²) in [6.07, 6.45) is 1.03. The number of aliphatic carboxylic acids is 3. The Labute approximate surface area is 807 Å². The van der Waals surface area contributed by atoms with Crippen molar-refractivity contribution in [3.05, 3.63) is 108 Å². The molecule has 6 rings (SSSR count). The van der Waals surface area contributed by atoms with E-state index < -0.39 is 297 Å². The molecule has 0 unspecified atom stereocenters. The smallest absolute Gasteiger partial charge is 0.326 e. The topological polar surface area (TPSA) is 774 Å². The first kappa shape index (κ1) is 113. The van der Waals surface area contributed by atoms with Crippen LogP contribution in [-0.4, -0.2) is 299 Å². The van der Waals surface area contributed by atoms with E-state index in [-0.39, 0.29) is 56.7 Å². The van der Waals surface area contributed by atoms with Crippen LogP contribution in [0.2, 0.25) is 0 Å². The third kappa shape index (κ3) is 35.6. The number of hydrogen-bond donors (Lipinski definition) is 29. The van der Waals surface area contributed by atoms with Gasteiger partial charge in [0.25, 0.3) is 0 Å². The van der Waals surface area contributed by atoms with Gasteiger partial charge >= 0.3 is 17.9 Å². The lowest BCUT2D eigenvalue weighted by atomic mass is 10.00. The number of H-pyrrole nitrogens is 3. The first-order chi connectivity index (χ1) is 65.4. The largest absolute Gasteiger partial charge is 0.481 e. The number of rotatable bonds is 61. The van der Waals surface area contributed by atoms with Crippen molar-refractivity contribution in [1.29, 1.82) is 0 Å². The molecule has 0 saturated heterocycles. The summed E-state index contributed by atoms with van der Waals surface area (Å²) in [5, 5.41) is 88.8. The number of nitrogens with one attached hydrogen (secondary N) is 18. The summed E-state index contributed by atoms with van der Waals surface area (Å²) < 4.78 is 0. The first-order valence-corrected chi connectivity index (χ1v) is 46.9. The predicted molar refractivity (Wildman–Crippen MR) is 510 cm³/mol. The van der Waals surface area contributed by atoms with Gasteiger partial charge in [-0.15, -0.1) is 0 Å². The lowest BCUT2D eigenvalue weighted by Gasteiger charge is -2.28. The lowest BCUT2D eigenvalue weighted by Crippen LogP contribution is -2.62. The maximum atomic E-state index is 14.9. The fourth-order valence-electron chi connectivity index (χ4n) is 14.4. The highest BCUT2D eigenvalue weighted by Crippen LogP contribution is 2.24. The second-order valence-electron chi connectivity index (χ2n) is 33.5. The van der Waals surface area contributed by atoms with Gasteiger partial charge in [0.2, 0.25) is 100 Å². The summed E-state index contributed by atoms with van der Waals surface area (Å²) in [5.41, 5.74) is 25.9. The van der Waals surface area contributed by atoms with E-state index in [4.69, 9.17) is 22.9 Å². The minimum atomic E-state index is -1.97. The van der Waals surface area contributed by atoms with Gasteiger partial charge in [0.1, 0.15) is 90.6 Å². The number of amides is 17. The zero-order chi connectivity index (χ0) is 102. The number of nitrogens with two attached hydrogens (primary N) is 4. The van der Waals surface area contributed by atoms with Crippen LogP contribution >= 0.6 is 37.0 Å². The van der Waals surface area contributed by atoms with E-state index >= 15 is 0 Å². The number of fused-ring (bicyclic) bond motifs is 3. The van der Waals surface area contributed by atoms with Gasteiger partial charge in [-0.3, -0.25) is 91.1 Å². The second kappa shape index (κ2) is 56.3. The Hall–Kier alpha value is -13.4. The van der Waals surface area contributed by atoms with E-state index in [0.717, 1.165) is 0 Å². The van der Waals surface area contributed by atoms with E-state index in [1.807, 2.05) is 0 Å². The van der Waals surface area contributed by atoms with Gasteiger partial charge in [-0.1, -0.05) is 82.3 Å². The average Bonchev–Trinajstić information content (AvgIpc) is 1.66. The minimum Gasteiger partial charge on any atom is -0.481 e. The van der Waals surface area contributed by atoms with Crippen LogP contribution in [0.4, 0.5) is 0 Å². The van der Waals surface area contributed by atoms with E-state index in [2.05, 4.69) is 120 Å². The molecule has 0 fully saturated rings. The molecule has 3 aromatic carbocycles. The zero-order valence-corrected chi connectivity index (χ0v) is 79.3. The lowest BCUT2D eigenvalue weighted by molar-refractivity contribution is -0.143. The first-order valence-electron chi connectivity index (χ1n) is 44.3. The predicted octanol–water partition coefficient (Wildman–Crippen LogP) is -5.23. The number of aliphatic hydroxyl groups excluding tert-OH is 2. The number of benzene rings is 3. The quantitative estimate of drug-likeness (QED) is 0.0125. The molecule has 0 bridgehead atoms. The average molecular weight is 1990 g/mol. The molecule has 0 saturated carbocycles. The molecular formula is C88H124N22O25S3. The van der Waals surface area contributed by atoms with Crippen LogP contribution in [0.15, 0.2) is 91.4 Å². The van der Waals surface area contributed by atoms with Crippen LogP contribution in [0, 0.1) is 11.8 Å². The normalized spacial score (nSPS) is 14.8. The summed E-state index contributed by atoms with van der Waals surface area (Å²) in [6.45, 7) is 5.43. The molecule has 3 aromatic heterocycles. The Balaban J connectivity index is 1.21. The van der Waals surface area contributed by atoms with Crippen LogP contribution in [0.3, 0.4) is 0 Å².